The lowest BCUT2D eigenvalue weighted by atomic mass is 10.0. The first-order chi connectivity index (χ1) is 7.13. The van der Waals surface area contributed by atoms with Gasteiger partial charge in [-0.05, 0) is 31.0 Å². The molecule has 0 saturated carbocycles. The van der Waals surface area contributed by atoms with Gasteiger partial charge in [0.05, 0.1) is 12.8 Å². The first-order valence-corrected chi connectivity index (χ1v) is 4.74. The zero-order valence-electron chi connectivity index (χ0n) is 9.01. The predicted octanol–water partition coefficient (Wildman–Crippen LogP) is 2.37. The lowest BCUT2D eigenvalue weighted by molar-refractivity contribution is 0.151. The Bertz CT molecular complexity index is 426. The van der Waals surface area contributed by atoms with Crippen molar-refractivity contribution < 1.29 is 14.3 Å². The van der Waals surface area contributed by atoms with Crippen LogP contribution in [0.5, 0.6) is 5.75 Å². The fraction of sp³-hybridized carbons (Fsp3) is 0.364. The van der Waals surface area contributed by atoms with E-state index in [1.807, 2.05) is 19.9 Å². The second kappa shape index (κ2) is 3.46. The fourth-order valence-corrected chi connectivity index (χ4v) is 1.79. The van der Waals surface area contributed by atoms with E-state index in [1.54, 1.807) is 7.11 Å². The van der Waals surface area contributed by atoms with Crippen LogP contribution in [0.3, 0.4) is 0 Å². The third-order valence-electron chi connectivity index (χ3n) is 2.66. The number of nitrogens with one attached hydrogen (secondary N) is 1. The van der Waals surface area contributed by atoms with Crippen molar-refractivity contribution in [3.63, 3.8) is 0 Å². The number of ether oxygens (including phenoxy) is 2. The standard InChI is InChI=1S/C11H13NO3/c1-6-4-9(14-3)7(2)8-5-15-11(13)12-10(6)8/h4H,5H2,1-3H3,(H,12,13). The minimum Gasteiger partial charge on any atom is -0.496 e. The molecular formula is C11H13NO3. The van der Waals surface area contributed by atoms with Gasteiger partial charge in [-0.15, -0.1) is 0 Å². The highest BCUT2D eigenvalue weighted by molar-refractivity contribution is 5.89. The summed E-state index contributed by atoms with van der Waals surface area (Å²) in [5.74, 6) is 0.825. The highest BCUT2D eigenvalue weighted by Gasteiger charge is 2.21. The quantitative estimate of drug-likeness (QED) is 0.769. The van der Waals surface area contributed by atoms with Gasteiger partial charge in [-0.3, -0.25) is 5.32 Å². The Labute approximate surface area is 88.2 Å². The van der Waals surface area contributed by atoms with Crippen LogP contribution >= 0.6 is 0 Å². The molecule has 4 heteroatoms. The molecule has 0 bridgehead atoms. The van der Waals surface area contributed by atoms with Crippen LogP contribution in [-0.4, -0.2) is 13.2 Å². The summed E-state index contributed by atoms with van der Waals surface area (Å²) in [6.07, 6.45) is -0.393. The third-order valence-corrected chi connectivity index (χ3v) is 2.66. The Hall–Kier alpha value is -1.71. The molecule has 0 spiro atoms. The number of rotatable bonds is 1. The number of hydrogen-bond acceptors (Lipinski definition) is 3. The molecule has 0 saturated heterocycles. The van der Waals surface area contributed by atoms with Gasteiger partial charge in [0.2, 0.25) is 0 Å². The minimum absolute atomic E-state index is 0.311. The molecule has 15 heavy (non-hydrogen) atoms. The monoisotopic (exact) mass is 207 g/mol. The molecule has 1 aromatic carbocycles. The molecule has 80 valence electrons. The number of amides is 1. The van der Waals surface area contributed by atoms with Crippen LogP contribution in [-0.2, 0) is 11.3 Å². The van der Waals surface area contributed by atoms with Gasteiger partial charge in [-0.2, -0.15) is 0 Å². The number of benzene rings is 1. The Morgan fingerprint density at radius 3 is 2.87 bits per heavy atom. The normalized spacial score (nSPS) is 13.9. The van der Waals surface area contributed by atoms with Crippen molar-refractivity contribution in [3.8, 4) is 5.75 Å². The van der Waals surface area contributed by atoms with E-state index in [0.717, 1.165) is 28.1 Å². The summed E-state index contributed by atoms with van der Waals surface area (Å²) in [7, 11) is 1.64. The first-order valence-electron chi connectivity index (χ1n) is 4.74. The molecule has 0 atom stereocenters. The summed E-state index contributed by atoms with van der Waals surface area (Å²) in [6, 6.07) is 1.92. The van der Waals surface area contributed by atoms with Crippen molar-refractivity contribution in [2.45, 2.75) is 20.5 Å². The second-order valence-corrected chi connectivity index (χ2v) is 3.58. The van der Waals surface area contributed by atoms with Crippen molar-refractivity contribution >= 4 is 11.8 Å². The second-order valence-electron chi connectivity index (χ2n) is 3.58. The number of carbonyl (C=O) groups is 1. The zero-order valence-corrected chi connectivity index (χ0v) is 9.01. The number of cyclic esters (lactones) is 1. The summed E-state index contributed by atoms with van der Waals surface area (Å²) in [5.41, 5.74) is 3.85. The van der Waals surface area contributed by atoms with Gasteiger partial charge < -0.3 is 9.47 Å². The highest BCUT2D eigenvalue weighted by Crippen LogP contribution is 2.34. The Balaban J connectivity index is 2.59. The van der Waals surface area contributed by atoms with Gasteiger partial charge in [-0.1, -0.05) is 0 Å². The van der Waals surface area contributed by atoms with Crippen LogP contribution in [0.25, 0.3) is 0 Å². The van der Waals surface area contributed by atoms with E-state index in [2.05, 4.69) is 5.32 Å². The number of carbonyl (C=O) groups excluding carboxylic acids is 1. The summed E-state index contributed by atoms with van der Waals surface area (Å²) in [6.45, 7) is 4.20. The largest absolute Gasteiger partial charge is 0.496 e. The maximum absolute atomic E-state index is 11.1. The molecule has 1 heterocycles. The molecule has 0 aliphatic carbocycles. The molecule has 1 N–H and O–H groups in total. The summed E-state index contributed by atoms with van der Waals surface area (Å²) < 4.78 is 10.2. The van der Waals surface area contributed by atoms with Crippen LogP contribution in [0.1, 0.15) is 16.7 Å². The lowest BCUT2D eigenvalue weighted by Crippen LogP contribution is -2.22. The van der Waals surface area contributed by atoms with E-state index < -0.39 is 6.09 Å². The first kappa shape index (κ1) is 9.83. The van der Waals surface area contributed by atoms with Crippen LogP contribution in [0.2, 0.25) is 0 Å². The van der Waals surface area contributed by atoms with E-state index in [1.165, 1.54) is 0 Å². The maximum atomic E-state index is 11.1. The summed E-state index contributed by atoms with van der Waals surface area (Å²) in [4.78, 5) is 11.1. The molecule has 1 aliphatic rings. The fourth-order valence-electron chi connectivity index (χ4n) is 1.79. The predicted molar refractivity (Wildman–Crippen MR) is 56.3 cm³/mol. The summed E-state index contributed by atoms with van der Waals surface area (Å²) in [5, 5.41) is 2.70. The van der Waals surface area contributed by atoms with E-state index in [-0.39, 0.29) is 0 Å². The molecule has 0 unspecified atom stereocenters. The molecule has 0 radical (unpaired) electrons. The number of fused-ring (bicyclic) bond motifs is 1. The smallest absolute Gasteiger partial charge is 0.411 e. The minimum atomic E-state index is -0.393. The number of anilines is 1. The summed E-state index contributed by atoms with van der Waals surface area (Å²) >= 11 is 0. The molecule has 1 aromatic rings. The van der Waals surface area contributed by atoms with E-state index in [9.17, 15) is 4.79 Å². The SMILES string of the molecule is COc1cc(C)c2c(c1C)COC(=O)N2. The van der Waals surface area contributed by atoms with E-state index >= 15 is 0 Å². The van der Waals surface area contributed by atoms with Crippen molar-refractivity contribution in [1.29, 1.82) is 0 Å². The van der Waals surface area contributed by atoms with E-state index in [4.69, 9.17) is 9.47 Å². The average molecular weight is 207 g/mol. The maximum Gasteiger partial charge on any atom is 0.411 e. The van der Waals surface area contributed by atoms with Crippen molar-refractivity contribution in [2.24, 2.45) is 0 Å². The molecule has 0 aromatic heterocycles. The van der Waals surface area contributed by atoms with E-state index in [0.29, 0.717) is 6.61 Å². The van der Waals surface area contributed by atoms with Crippen LogP contribution < -0.4 is 10.1 Å². The van der Waals surface area contributed by atoms with Gasteiger partial charge in [0.1, 0.15) is 12.4 Å². The molecule has 4 nitrogen and oxygen atoms in total. The number of aryl methyl sites for hydroxylation is 1. The van der Waals surface area contributed by atoms with Crippen molar-refractivity contribution in [2.75, 3.05) is 12.4 Å². The van der Waals surface area contributed by atoms with Crippen molar-refractivity contribution in [1.82, 2.24) is 0 Å². The zero-order chi connectivity index (χ0) is 11.0. The number of methoxy groups -OCH3 is 1. The lowest BCUT2D eigenvalue weighted by Gasteiger charge is -2.22. The third kappa shape index (κ3) is 1.52. The molecular weight excluding hydrogens is 194 g/mol. The van der Waals surface area contributed by atoms with Gasteiger partial charge in [0, 0.05) is 5.56 Å². The van der Waals surface area contributed by atoms with Gasteiger partial charge in [0.15, 0.2) is 0 Å². The average Bonchev–Trinajstić information content (AvgIpc) is 2.23. The Morgan fingerprint density at radius 2 is 2.20 bits per heavy atom. The number of hydrogen-bond donors (Lipinski definition) is 1. The molecule has 0 fully saturated rings. The van der Waals surface area contributed by atoms with Gasteiger partial charge >= 0.3 is 6.09 Å². The van der Waals surface area contributed by atoms with Crippen LogP contribution in [0.15, 0.2) is 6.07 Å². The highest BCUT2D eigenvalue weighted by atomic mass is 16.5. The Morgan fingerprint density at radius 1 is 1.47 bits per heavy atom. The molecule has 1 aliphatic heterocycles. The van der Waals surface area contributed by atoms with Crippen LogP contribution in [0.4, 0.5) is 10.5 Å². The van der Waals surface area contributed by atoms with Gasteiger partial charge in [-0.25, -0.2) is 4.79 Å². The van der Waals surface area contributed by atoms with Crippen molar-refractivity contribution in [3.05, 3.63) is 22.8 Å². The Kier molecular flexibility index (Phi) is 2.26. The molecule has 1 amide bonds. The topological polar surface area (TPSA) is 47.6 Å². The van der Waals surface area contributed by atoms with Gasteiger partial charge in [0.25, 0.3) is 0 Å². The molecule has 2 rings (SSSR count). The van der Waals surface area contributed by atoms with Crippen LogP contribution in [0, 0.1) is 13.8 Å².